The maximum atomic E-state index is 12.3. The van der Waals surface area contributed by atoms with Gasteiger partial charge < -0.3 is 19.7 Å². The summed E-state index contributed by atoms with van der Waals surface area (Å²) in [6, 6.07) is 2.88. The lowest BCUT2D eigenvalue weighted by Crippen LogP contribution is -2.32. The molecule has 0 radical (unpaired) electrons. The maximum Gasteiger partial charge on any atom is 0.422 e. The van der Waals surface area contributed by atoms with Gasteiger partial charge in [-0.1, -0.05) is 0 Å². The molecule has 1 N–H and O–H groups in total. The lowest BCUT2D eigenvalue weighted by molar-refractivity contribution is -0.154. The Kier molecular flexibility index (Phi) is 7.01. The van der Waals surface area contributed by atoms with E-state index in [0.29, 0.717) is 19.1 Å². The van der Waals surface area contributed by atoms with Crippen LogP contribution in [0.3, 0.4) is 0 Å². The number of halogens is 3. The van der Waals surface area contributed by atoms with E-state index in [1.54, 1.807) is 7.11 Å². The Morgan fingerprint density at radius 3 is 3.00 bits per heavy atom. The molecule has 0 saturated carbocycles. The number of alkyl halides is 3. The van der Waals surface area contributed by atoms with Gasteiger partial charge in [-0.05, 0) is 31.0 Å². The minimum absolute atomic E-state index is 0.000913. The molecule has 0 spiro atoms. The van der Waals surface area contributed by atoms with Crippen LogP contribution in [0.25, 0.3) is 0 Å². The SMILES string of the molecule is COCCN1CCC(CNC(=O)c2cccnc2OCC(F)(F)F)C1. The van der Waals surface area contributed by atoms with Crippen LogP contribution in [-0.2, 0) is 4.74 Å². The fourth-order valence-electron chi connectivity index (χ4n) is 2.66. The first-order valence-corrected chi connectivity index (χ1v) is 8.03. The molecule has 1 fully saturated rings. The zero-order valence-electron chi connectivity index (χ0n) is 14.0. The number of likely N-dealkylation sites (tertiary alicyclic amines) is 1. The van der Waals surface area contributed by atoms with Gasteiger partial charge >= 0.3 is 6.18 Å². The molecule has 1 aliphatic heterocycles. The van der Waals surface area contributed by atoms with Crippen molar-refractivity contribution in [3.63, 3.8) is 0 Å². The highest BCUT2D eigenvalue weighted by Crippen LogP contribution is 2.20. The first-order valence-electron chi connectivity index (χ1n) is 8.03. The Morgan fingerprint density at radius 2 is 2.28 bits per heavy atom. The Labute approximate surface area is 144 Å². The summed E-state index contributed by atoms with van der Waals surface area (Å²) in [5, 5.41) is 2.76. The van der Waals surface area contributed by atoms with Gasteiger partial charge in [-0.2, -0.15) is 13.2 Å². The number of aromatic nitrogens is 1. The third-order valence-electron chi connectivity index (χ3n) is 3.92. The van der Waals surface area contributed by atoms with Crippen molar-refractivity contribution >= 4 is 5.91 Å². The second-order valence-corrected chi connectivity index (χ2v) is 5.92. The number of pyridine rings is 1. The number of methoxy groups -OCH3 is 1. The van der Waals surface area contributed by atoms with Crippen LogP contribution in [0.4, 0.5) is 13.2 Å². The summed E-state index contributed by atoms with van der Waals surface area (Å²) in [5.41, 5.74) is 0.000913. The van der Waals surface area contributed by atoms with E-state index in [1.165, 1.54) is 18.3 Å². The topological polar surface area (TPSA) is 63.7 Å². The molecular weight excluding hydrogens is 339 g/mol. The van der Waals surface area contributed by atoms with E-state index in [1.807, 2.05) is 0 Å². The third-order valence-corrected chi connectivity index (χ3v) is 3.92. The molecule has 0 aliphatic carbocycles. The van der Waals surface area contributed by atoms with Crippen molar-refractivity contribution in [2.75, 3.05) is 46.5 Å². The van der Waals surface area contributed by atoms with Gasteiger partial charge in [0.2, 0.25) is 5.88 Å². The van der Waals surface area contributed by atoms with Crippen LogP contribution in [-0.4, -0.2) is 68.5 Å². The molecule has 0 bridgehead atoms. The summed E-state index contributed by atoms with van der Waals surface area (Å²) >= 11 is 0. The summed E-state index contributed by atoms with van der Waals surface area (Å²) in [4.78, 5) is 18.2. The zero-order chi connectivity index (χ0) is 18.3. The molecule has 1 aliphatic rings. The zero-order valence-corrected chi connectivity index (χ0v) is 14.0. The number of nitrogens with one attached hydrogen (secondary N) is 1. The number of rotatable bonds is 8. The highest BCUT2D eigenvalue weighted by molar-refractivity contribution is 5.96. The average molecular weight is 361 g/mol. The van der Waals surface area contributed by atoms with E-state index in [2.05, 4.69) is 19.9 Å². The minimum atomic E-state index is -4.49. The quantitative estimate of drug-likeness (QED) is 0.764. The van der Waals surface area contributed by atoms with E-state index in [-0.39, 0.29) is 11.4 Å². The van der Waals surface area contributed by atoms with Crippen LogP contribution in [0.5, 0.6) is 5.88 Å². The second kappa shape index (κ2) is 9.00. The summed E-state index contributed by atoms with van der Waals surface area (Å²) in [7, 11) is 1.65. The van der Waals surface area contributed by atoms with Crippen LogP contribution in [0.2, 0.25) is 0 Å². The summed E-state index contributed by atoms with van der Waals surface area (Å²) in [6.45, 7) is 2.27. The largest absolute Gasteiger partial charge is 0.467 e. The van der Waals surface area contributed by atoms with Gasteiger partial charge in [-0.15, -0.1) is 0 Å². The lowest BCUT2D eigenvalue weighted by atomic mass is 10.1. The number of hydrogen-bond donors (Lipinski definition) is 1. The fourth-order valence-corrected chi connectivity index (χ4v) is 2.66. The van der Waals surface area contributed by atoms with Crippen molar-refractivity contribution in [2.45, 2.75) is 12.6 Å². The van der Waals surface area contributed by atoms with Crippen LogP contribution in [0.1, 0.15) is 16.8 Å². The number of ether oxygens (including phenoxy) is 2. The first kappa shape index (κ1) is 19.5. The van der Waals surface area contributed by atoms with Crippen LogP contribution in [0.15, 0.2) is 18.3 Å². The van der Waals surface area contributed by atoms with Crippen LogP contribution in [0, 0.1) is 5.92 Å². The molecule has 1 saturated heterocycles. The summed E-state index contributed by atoms with van der Waals surface area (Å²) in [5.74, 6) is -0.497. The van der Waals surface area contributed by atoms with Crippen molar-refractivity contribution < 1.29 is 27.4 Å². The Hall–Kier alpha value is -1.87. The number of amides is 1. The molecule has 1 amide bonds. The lowest BCUT2D eigenvalue weighted by Gasteiger charge is -2.16. The molecule has 25 heavy (non-hydrogen) atoms. The molecule has 1 aromatic rings. The third kappa shape index (κ3) is 6.50. The molecule has 1 atom stereocenters. The Balaban J connectivity index is 1.85. The predicted molar refractivity (Wildman–Crippen MR) is 84.5 cm³/mol. The van der Waals surface area contributed by atoms with Gasteiger partial charge in [0, 0.05) is 32.9 Å². The van der Waals surface area contributed by atoms with E-state index < -0.39 is 18.7 Å². The fraction of sp³-hybridized carbons (Fsp3) is 0.625. The molecule has 0 aromatic carbocycles. The van der Waals surface area contributed by atoms with Gasteiger partial charge in [0.05, 0.1) is 6.61 Å². The standard InChI is InChI=1S/C16H22F3N3O3/c1-24-8-7-22-6-4-12(10-22)9-21-14(23)13-3-2-5-20-15(13)25-11-16(17,18)19/h2-3,5,12H,4,6-11H2,1H3,(H,21,23). The summed E-state index contributed by atoms with van der Waals surface area (Å²) in [6.07, 6.45) is -2.25. The van der Waals surface area contributed by atoms with Gasteiger partial charge in [0.15, 0.2) is 6.61 Å². The van der Waals surface area contributed by atoms with Gasteiger partial charge in [0.25, 0.3) is 5.91 Å². The molecule has 1 aromatic heterocycles. The predicted octanol–water partition coefficient (Wildman–Crippen LogP) is 1.72. The van der Waals surface area contributed by atoms with E-state index >= 15 is 0 Å². The monoisotopic (exact) mass is 361 g/mol. The minimum Gasteiger partial charge on any atom is -0.467 e. The summed E-state index contributed by atoms with van der Waals surface area (Å²) < 4.78 is 46.5. The van der Waals surface area contributed by atoms with Crippen molar-refractivity contribution in [3.8, 4) is 5.88 Å². The highest BCUT2D eigenvalue weighted by Gasteiger charge is 2.30. The maximum absolute atomic E-state index is 12.3. The molecule has 1 unspecified atom stereocenters. The van der Waals surface area contributed by atoms with E-state index in [9.17, 15) is 18.0 Å². The van der Waals surface area contributed by atoms with E-state index in [0.717, 1.165) is 26.1 Å². The molecule has 2 rings (SSSR count). The van der Waals surface area contributed by atoms with E-state index in [4.69, 9.17) is 4.74 Å². The van der Waals surface area contributed by atoms with Crippen LogP contribution >= 0.6 is 0 Å². The average Bonchev–Trinajstić information content (AvgIpc) is 3.03. The molecular formula is C16H22F3N3O3. The van der Waals surface area contributed by atoms with Gasteiger partial charge in [0.1, 0.15) is 5.56 Å². The first-order chi connectivity index (χ1) is 11.9. The van der Waals surface area contributed by atoms with Crippen molar-refractivity contribution in [1.82, 2.24) is 15.2 Å². The highest BCUT2D eigenvalue weighted by atomic mass is 19.4. The normalized spacial score (nSPS) is 18.3. The molecule has 9 heteroatoms. The second-order valence-electron chi connectivity index (χ2n) is 5.92. The molecule has 140 valence electrons. The van der Waals surface area contributed by atoms with Gasteiger partial charge in [-0.3, -0.25) is 4.79 Å². The van der Waals surface area contributed by atoms with Gasteiger partial charge in [-0.25, -0.2) is 4.98 Å². The van der Waals surface area contributed by atoms with Crippen molar-refractivity contribution in [1.29, 1.82) is 0 Å². The molecule has 6 nitrogen and oxygen atoms in total. The van der Waals surface area contributed by atoms with Crippen LogP contribution < -0.4 is 10.1 Å². The number of hydrogen-bond acceptors (Lipinski definition) is 5. The Bertz CT molecular complexity index is 569. The number of nitrogens with zero attached hydrogens (tertiary/aromatic N) is 2. The number of carbonyl (C=O) groups is 1. The van der Waals surface area contributed by atoms with Crippen molar-refractivity contribution in [2.24, 2.45) is 5.92 Å². The number of carbonyl (C=O) groups excluding carboxylic acids is 1. The van der Waals surface area contributed by atoms with Crippen molar-refractivity contribution in [3.05, 3.63) is 23.9 Å². The smallest absolute Gasteiger partial charge is 0.422 e. The Morgan fingerprint density at radius 1 is 1.48 bits per heavy atom. The molecule has 2 heterocycles.